The molecule has 5 aliphatic rings. The molecule has 0 aliphatic carbocycles. The molecule has 5 fully saturated rings. The van der Waals surface area contributed by atoms with E-state index in [1.54, 1.807) is 35.3 Å². The van der Waals surface area contributed by atoms with E-state index in [1.165, 1.54) is 22.9 Å². The molecule has 26 heteroatoms. The average Bonchev–Trinajstić information content (AvgIpc) is 1.67. The van der Waals surface area contributed by atoms with E-state index >= 15 is 0 Å². The number of hydroxylamine groups is 2. The summed E-state index contributed by atoms with van der Waals surface area (Å²) in [6.45, 7) is 14.0. The van der Waals surface area contributed by atoms with Gasteiger partial charge in [0.25, 0.3) is 0 Å². The van der Waals surface area contributed by atoms with Crippen molar-refractivity contribution in [2.45, 2.75) is 93.8 Å². The number of para-hydroxylation sites is 3. The van der Waals surface area contributed by atoms with Gasteiger partial charge in [-0.1, -0.05) is 68.4 Å². The number of aliphatic hydroxyl groups excluding tert-OH is 1. The second-order valence-corrected chi connectivity index (χ2v) is 32.9. The molecule has 0 saturated carbocycles. The fourth-order valence-electron chi connectivity index (χ4n) is 13.8. The van der Waals surface area contributed by atoms with Crippen LogP contribution >= 0.6 is 35.3 Å². The number of nitrogens with one attached hydrogen (secondary N) is 1. The molecule has 0 radical (unpaired) electrons. The van der Waals surface area contributed by atoms with Gasteiger partial charge in [-0.3, -0.25) is 4.90 Å². The lowest BCUT2D eigenvalue weighted by Gasteiger charge is -2.31. The van der Waals surface area contributed by atoms with E-state index in [2.05, 4.69) is 125 Å². The number of sulfone groups is 1. The summed E-state index contributed by atoms with van der Waals surface area (Å²) in [4.78, 5) is 9.50. The van der Waals surface area contributed by atoms with Crippen LogP contribution in [-0.4, -0.2) is 198 Å². The highest BCUT2D eigenvalue weighted by Crippen LogP contribution is 2.36. The van der Waals surface area contributed by atoms with Crippen molar-refractivity contribution in [3.05, 3.63) is 181 Å². The van der Waals surface area contributed by atoms with Crippen molar-refractivity contribution in [2.75, 3.05) is 129 Å². The van der Waals surface area contributed by atoms with Gasteiger partial charge in [0, 0.05) is 128 Å². The van der Waals surface area contributed by atoms with Crippen LogP contribution in [0.15, 0.2) is 177 Å². The Morgan fingerprint density at radius 2 is 0.904 bits per heavy atom. The lowest BCUT2D eigenvalue weighted by molar-refractivity contribution is -0.115. The molecule has 5 atom stereocenters. The largest absolute Gasteiger partial charge is 0.493 e. The van der Waals surface area contributed by atoms with Gasteiger partial charge in [-0.05, 0) is 173 Å². The molecule has 0 bridgehead atoms. The summed E-state index contributed by atoms with van der Waals surface area (Å²) in [5.74, 6) is 13.2. The van der Waals surface area contributed by atoms with Gasteiger partial charge in [0.05, 0.1) is 55.2 Å². The van der Waals surface area contributed by atoms with Gasteiger partial charge >= 0.3 is 0 Å². The highest BCUT2D eigenvalue weighted by molar-refractivity contribution is 7.98. The molecule has 5 unspecified atom stereocenters. The minimum Gasteiger partial charge on any atom is -0.493 e. The maximum atomic E-state index is 11.9. The Kier molecular flexibility index (Phi) is 28.2. The molecular formula is C78H98N12O10S4. The van der Waals surface area contributed by atoms with Crippen molar-refractivity contribution < 1.29 is 46.2 Å². The van der Waals surface area contributed by atoms with Crippen molar-refractivity contribution in [3.8, 4) is 51.6 Å². The van der Waals surface area contributed by atoms with E-state index in [-0.39, 0.29) is 18.7 Å². The first kappa shape index (κ1) is 76.0. The Bertz CT molecular complexity index is 4080. The van der Waals surface area contributed by atoms with E-state index < -0.39 is 9.84 Å². The number of aliphatic hydroxyl groups is 1. The molecule has 14 rings (SSSR count). The Labute approximate surface area is 624 Å². The Morgan fingerprint density at radius 3 is 1.32 bits per heavy atom. The second-order valence-electron chi connectivity index (χ2n) is 27.3. The smallest absolute Gasteiger partial charge is 0.247 e. The van der Waals surface area contributed by atoms with Crippen molar-refractivity contribution in [3.63, 3.8) is 0 Å². The van der Waals surface area contributed by atoms with Gasteiger partial charge in [0.15, 0.2) is 9.84 Å². The van der Waals surface area contributed by atoms with Crippen LogP contribution < -0.4 is 34.2 Å². The Morgan fingerprint density at radius 1 is 0.500 bits per heavy atom. The quantitative estimate of drug-likeness (QED) is 0.0342. The lowest BCUT2D eigenvalue weighted by atomic mass is 9.84. The van der Waals surface area contributed by atoms with Gasteiger partial charge in [-0.2, -0.15) is 5.06 Å². The van der Waals surface area contributed by atoms with Crippen LogP contribution in [-0.2, 0) is 27.1 Å². The van der Waals surface area contributed by atoms with Gasteiger partial charge < -0.3 is 57.8 Å². The van der Waals surface area contributed by atoms with Crippen LogP contribution in [0.4, 0.5) is 17.1 Å². The maximum Gasteiger partial charge on any atom is 0.247 e. The topological polar surface area (TPSA) is 247 Å². The van der Waals surface area contributed by atoms with Crippen LogP contribution in [0.25, 0.3) is 34.4 Å². The van der Waals surface area contributed by atoms with Crippen LogP contribution in [0.2, 0.25) is 0 Å². The number of ether oxygens (including phenoxy) is 3. The summed E-state index contributed by atoms with van der Waals surface area (Å²) in [5.41, 5.74) is 6.37. The molecule has 9 aromatic rings. The zero-order valence-corrected chi connectivity index (χ0v) is 63.0. The van der Waals surface area contributed by atoms with Crippen LogP contribution in [0, 0.1) is 17.8 Å². The third-order valence-corrected chi connectivity index (χ3v) is 24.3. The third-order valence-electron chi connectivity index (χ3n) is 19.8. The predicted octanol–water partition coefficient (Wildman–Crippen LogP) is 13.0. The number of hydrogen-bond acceptors (Lipinski definition) is 25. The summed E-state index contributed by atoms with van der Waals surface area (Å²) < 4.78 is 58.5. The molecule has 5 aliphatic heterocycles. The van der Waals surface area contributed by atoms with Gasteiger partial charge in [0.2, 0.25) is 35.3 Å². The number of likely N-dealkylation sites (N-methyl/N-ethyl adjacent to an activating group) is 1. The minimum atomic E-state index is -2.87. The molecule has 0 spiro atoms. The lowest BCUT2D eigenvalue weighted by Crippen LogP contribution is -2.44. The SMILES string of the molecule is CC(C)C(CO)NC1CCN(c2ccc(-c3nnc(CSCCOc4ccccc4)o3)cc2)C1.CN(C1CCN(c2ccc(-c3nnc(CSCCOc4ccccc4)o3)cc2)C1)C1CCS(=O)(=O)C1.ON1CCC(C2CCN(c3ccc(-c4nnc(CSCCOc5ccccc5)o4)cc3)C2)CC1. The standard InChI is InChI=1S/C26H32N4O4S2.C26H32N4O3S.C26H34N4O3S/c1-29(23-12-16-36(31,32)19-23)22-11-13-30(17-22)21-9-7-20(8-10-21)26-28-27-25(34-26)18-35-15-14-33-24-5-3-2-4-6-24;31-30-14-11-20(12-15-30)22-10-13-29(18-22)23-8-6-21(7-9-23)26-28-27-25(33-26)19-34-17-16-32-24-4-2-1-3-5-24;1-19(2)24(17-31)27-21-12-13-30(16-21)22-10-8-20(9-11-22)26-29-28-25(33-26)18-34-15-14-32-23-6-4-3-5-7-23/h2-10,22-23H,11-19H2,1H3;1-9,20,22,31H,10-19H2;3-11,19,21,24,27,31H,12-18H2,1-2H3. The fraction of sp³-hybridized carbons (Fsp3) is 0.462. The predicted molar refractivity (Wildman–Crippen MR) is 415 cm³/mol. The summed E-state index contributed by atoms with van der Waals surface area (Å²) in [6, 6.07) is 55.5. The van der Waals surface area contributed by atoms with Gasteiger partial charge in [-0.15, -0.1) is 65.9 Å². The summed E-state index contributed by atoms with van der Waals surface area (Å²) >= 11 is 5.13. The van der Waals surface area contributed by atoms with Crippen LogP contribution in [0.3, 0.4) is 0 Å². The summed E-state index contributed by atoms with van der Waals surface area (Å²) in [7, 11) is -0.792. The second kappa shape index (κ2) is 38.6. The van der Waals surface area contributed by atoms with E-state index in [1.807, 2.05) is 115 Å². The van der Waals surface area contributed by atoms with Crippen molar-refractivity contribution in [1.82, 2.24) is 45.9 Å². The Balaban J connectivity index is 0.000000147. The van der Waals surface area contributed by atoms with Gasteiger partial charge in [0.1, 0.15) is 17.2 Å². The molecule has 554 valence electrons. The average molecular weight is 1490 g/mol. The molecule has 0 amide bonds. The zero-order chi connectivity index (χ0) is 71.9. The minimum absolute atomic E-state index is 0.142. The molecule has 104 heavy (non-hydrogen) atoms. The molecule has 22 nitrogen and oxygen atoms in total. The number of hydrogen-bond donors (Lipinski definition) is 3. The normalized spacial score (nSPS) is 19.3. The molecule has 3 N–H and O–H groups in total. The Hall–Kier alpha value is -7.66. The molecule has 6 aromatic carbocycles. The molecule has 3 aromatic heterocycles. The molecule has 8 heterocycles. The first-order valence-corrected chi connectivity index (χ1v) is 41.6. The number of benzene rings is 6. The number of anilines is 3. The first-order valence-electron chi connectivity index (χ1n) is 36.4. The maximum absolute atomic E-state index is 11.9. The van der Waals surface area contributed by atoms with E-state index in [0.29, 0.717) is 102 Å². The number of piperidine rings is 1. The van der Waals surface area contributed by atoms with Gasteiger partial charge in [-0.25, -0.2) is 8.42 Å². The third kappa shape index (κ3) is 22.5. The van der Waals surface area contributed by atoms with Crippen LogP contribution in [0.5, 0.6) is 17.2 Å². The van der Waals surface area contributed by atoms with E-state index in [0.717, 1.165) is 153 Å². The monoisotopic (exact) mass is 1490 g/mol. The number of rotatable bonds is 31. The van der Waals surface area contributed by atoms with E-state index in [9.17, 15) is 18.7 Å². The molecule has 5 saturated heterocycles. The fourth-order valence-corrected chi connectivity index (χ4v) is 17.5. The van der Waals surface area contributed by atoms with Crippen molar-refractivity contribution in [2.24, 2.45) is 17.8 Å². The van der Waals surface area contributed by atoms with Crippen LogP contribution in [0.1, 0.15) is 70.0 Å². The first-order chi connectivity index (χ1) is 50.8. The van der Waals surface area contributed by atoms with E-state index in [4.69, 9.17) is 27.5 Å². The number of thioether (sulfide) groups is 3. The number of aromatic nitrogens is 6. The number of nitrogens with zero attached hydrogens (tertiary/aromatic N) is 11. The summed E-state index contributed by atoms with van der Waals surface area (Å²) in [5, 5.41) is 49.5. The molecular weight excluding hydrogens is 1390 g/mol. The summed E-state index contributed by atoms with van der Waals surface area (Å²) in [6.07, 6.45) is 6.30. The zero-order valence-electron chi connectivity index (χ0n) is 59.7. The highest BCUT2D eigenvalue weighted by atomic mass is 32.2. The van der Waals surface area contributed by atoms with Crippen molar-refractivity contribution >= 4 is 62.2 Å². The van der Waals surface area contributed by atoms with Crippen molar-refractivity contribution in [1.29, 1.82) is 0 Å². The highest BCUT2D eigenvalue weighted by Gasteiger charge is 2.37.